The van der Waals surface area contributed by atoms with E-state index in [1.807, 2.05) is 6.92 Å². The summed E-state index contributed by atoms with van der Waals surface area (Å²) in [6, 6.07) is 6.32. The number of aryl methyl sites for hydroxylation is 2. The Morgan fingerprint density at radius 3 is 2.70 bits per heavy atom. The molecule has 0 unspecified atom stereocenters. The van der Waals surface area contributed by atoms with Crippen LogP contribution in [0.1, 0.15) is 17.1 Å². The minimum absolute atomic E-state index is 0.0240. The summed E-state index contributed by atoms with van der Waals surface area (Å²) < 4.78 is 5.45. The molecule has 0 aliphatic carbocycles. The fourth-order valence-electron chi connectivity index (χ4n) is 1.75. The lowest BCUT2D eigenvalue weighted by atomic mass is 10.2. The second-order valence-electron chi connectivity index (χ2n) is 4.37. The van der Waals surface area contributed by atoms with E-state index >= 15 is 0 Å². The maximum absolute atomic E-state index is 10.9. The average Bonchev–Trinajstić information content (AvgIpc) is 2.35. The Balaban J connectivity index is 2.22. The van der Waals surface area contributed by atoms with Crippen molar-refractivity contribution in [1.29, 1.82) is 0 Å². The third-order valence-corrected chi connectivity index (χ3v) is 2.59. The minimum Gasteiger partial charge on any atom is -0.479 e. The first-order valence-corrected chi connectivity index (χ1v) is 5.93. The summed E-state index contributed by atoms with van der Waals surface area (Å²) in [5.41, 5.74) is 7.12. The third kappa shape index (κ3) is 3.19. The molecule has 20 heavy (non-hydrogen) atoms. The van der Waals surface area contributed by atoms with Crippen LogP contribution in [0.2, 0.25) is 0 Å². The van der Waals surface area contributed by atoms with E-state index in [0.717, 1.165) is 11.3 Å². The number of hydrogen-bond donors (Lipinski definition) is 1. The smallest absolute Gasteiger partial charge is 0.310 e. The van der Waals surface area contributed by atoms with E-state index in [0.29, 0.717) is 11.6 Å². The van der Waals surface area contributed by atoms with E-state index in [-0.39, 0.29) is 18.0 Å². The van der Waals surface area contributed by atoms with Crippen LogP contribution in [0.5, 0.6) is 5.75 Å². The maximum Gasteiger partial charge on any atom is 0.310 e. The molecule has 1 aromatic carbocycles. The third-order valence-electron chi connectivity index (χ3n) is 2.59. The summed E-state index contributed by atoms with van der Waals surface area (Å²) in [5, 5.41) is 10.9. The number of hydrogen-bond acceptors (Lipinski definition) is 6. The fraction of sp³-hybridized carbons (Fsp3) is 0.231. The van der Waals surface area contributed by atoms with E-state index in [4.69, 9.17) is 10.5 Å². The number of nitrogen functional groups attached to an aromatic ring is 1. The van der Waals surface area contributed by atoms with Crippen molar-refractivity contribution in [3.8, 4) is 5.75 Å². The molecule has 0 saturated carbocycles. The summed E-state index contributed by atoms with van der Waals surface area (Å²) in [5.74, 6) is 0.923. The number of nitrogens with zero attached hydrogens (tertiary/aromatic N) is 3. The van der Waals surface area contributed by atoms with Crippen LogP contribution in [-0.2, 0) is 6.61 Å². The Morgan fingerprint density at radius 1 is 1.30 bits per heavy atom. The molecular formula is C13H14N4O3. The normalized spacial score (nSPS) is 10.3. The number of nitro groups is 1. The number of rotatable bonds is 4. The molecule has 0 atom stereocenters. The van der Waals surface area contributed by atoms with Crippen LogP contribution in [0.25, 0.3) is 0 Å². The van der Waals surface area contributed by atoms with Crippen LogP contribution in [0.3, 0.4) is 0 Å². The highest BCUT2D eigenvalue weighted by molar-refractivity contribution is 5.48. The van der Waals surface area contributed by atoms with Gasteiger partial charge in [-0.15, -0.1) is 0 Å². The van der Waals surface area contributed by atoms with Crippen molar-refractivity contribution >= 4 is 11.5 Å². The van der Waals surface area contributed by atoms with Gasteiger partial charge in [0.1, 0.15) is 12.4 Å². The first-order chi connectivity index (χ1) is 9.45. The van der Waals surface area contributed by atoms with Crippen molar-refractivity contribution in [2.75, 3.05) is 5.73 Å². The number of nitrogens with two attached hydrogens (primary N) is 1. The minimum atomic E-state index is -0.486. The maximum atomic E-state index is 10.9. The molecule has 7 nitrogen and oxygen atoms in total. The first-order valence-electron chi connectivity index (χ1n) is 5.93. The Bertz CT molecular complexity index is 638. The zero-order valence-electron chi connectivity index (χ0n) is 11.2. The highest BCUT2D eigenvalue weighted by atomic mass is 16.6. The van der Waals surface area contributed by atoms with Crippen LogP contribution in [-0.4, -0.2) is 14.9 Å². The van der Waals surface area contributed by atoms with Crippen LogP contribution >= 0.6 is 0 Å². The molecule has 2 rings (SSSR count). The second-order valence-corrected chi connectivity index (χ2v) is 4.37. The molecule has 1 heterocycles. The summed E-state index contributed by atoms with van der Waals surface area (Å²) in [6.07, 6.45) is 0. The van der Waals surface area contributed by atoms with E-state index < -0.39 is 4.92 Å². The van der Waals surface area contributed by atoms with Crippen LogP contribution < -0.4 is 10.5 Å². The molecule has 0 radical (unpaired) electrons. The molecule has 0 aliphatic rings. The number of anilines is 1. The van der Waals surface area contributed by atoms with Gasteiger partial charge in [0, 0.05) is 17.8 Å². The highest BCUT2D eigenvalue weighted by Gasteiger charge is 2.15. The SMILES string of the molecule is Cc1ccc([N+](=O)[O-])c(OCc2nc(C)cc(N)n2)c1. The molecular weight excluding hydrogens is 260 g/mol. The molecule has 0 bridgehead atoms. The molecule has 1 aromatic heterocycles. The lowest BCUT2D eigenvalue weighted by Crippen LogP contribution is -2.06. The molecule has 7 heteroatoms. The van der Waals surface area contributed by atoms with Gasteiger partial charge in [0.2, 0.25) is 0 Å². The van der Waals surface area contributed by atoms with Crippen molar-refractivity contribution in [1.82, 2.24) is 9.97 Å². The molecule has 2 aromatic rings. The Morgan fingerprint density at radius 2 is 2.05 bits per heavy atom. The van der Waals surface area contributed by atoms with Gasteiger partial charge in [-0.2, -0.15) is 0 Å². The van der Waals surface area contributed by atoms with Gasteiger partial charge in [-0.25, -0.2) is 9.97 Å². The fourth-order valence-corrected chi connectivity index (χ4v) is 1.75. The van der Waals surface area contributed by atoms with Crippen molar-refractivity contribution in [2.45, 2.75) is 20.5 Å². The number of ether oxygens (including phenoxy) is 1. The largest absolute Gasteiger partial charge is 0.479 e. The second kappa shape index (κ2) is 5.52. The lowest BCUT2D eigenvalue weighted by molar-refractivity contribution is -0.386. The predicted octanol–water partition coefficient (Wildman–Crippen LogP) is 2.16. The van der Waals surface area contributed by atoms with Crippen molar-refractivity contribution in [2.24, 2.45) is 0 Å². The lowest BCUT2D eigenvalue weighted by Gasteiger charge is -2.07. The summed E-state index contributed by atoms with van der Waals surface area (Å²) in [6.45, 7) is 3.64. The summed E-state index contributed by atoms with van der Waals surface area (Å²) in [7, 11) is 0. The van der Waals surface area contributed by atoms with Gasteiger partial charge in [0.25, 0.3) is 0 Å². The number of nitro benzene ring substituents is 1. The summed E-state index contributed by atoms with van der Waals surface area (Å²) in [4.78, 5) is 18.6. The van der Waals surface area contributed by atoms with Crippen molar-refractivity contribution in [3.05, 3.63) is 51.5 Å². The number of benzene rings is 1. The van der Waals surface area contributed by atoms with Crippen molar-refractivity contribution < 1.29 is 9.66 Å². The first kappa shape index (κ1) is 13.7. The monoisotopic (exact) mass is 274 g/mol. The van der Waals surface area contributed by atoms with E-state index in [1.165, 1.54) is 6.07 Å². The van der Waals surface area contributed by atoms with Crippen LogP contribution in [0.15, 0.2) is 24.3 Å². The van der Waals surface area contributed by atoms with Gasteiger partial charge in [-0.05, 0) is 25.5 Å². The topological polar surface area (TPSA) is 104 Å². The summed E-state index contributed by atoms with van der Waals surface area (Å²) >= 11 is 0. The van der Waals surface area contributed by atoms with Gasteiger partial charge in [-0.1, -0.05) is 6.07 Å². The van der Waals surface area contributed by atoms with Gasteiger partial charge in [0.05, 0.1) is 4.92 Å². The molecule has 2 N–H and O–H groups in total. The molecule has 0 saturated heterocycles. The van der Waals surface area contributed by atoms with Gasteiger partial charge in [0.15, 0.2) is 11.6 Å². The Labute approximate surface area is 115 Å². The zero-order chi connectivity index (χ0) is 14.7. The average molecular weight is 274 g/mol. The number of aromatic nitrogens is 2. The Kier molecular flexibility index (Phi) is 3.79. The van der Waals surface area contributed by atoms with Gasteiger partial charge >= 0.3 is 5.69 Å². The molecule has 0 spiro atoms. The van der Waals surface area contributed by atoms with Crippen LogP contribution in [0.4, 0.5) is 11.5 Å². The van der Waals surface area contributed by atoms with Gasteiger partial charge in [-0.3, -0.25) is 10.1 Å². The Hall–Kier alpha value is -2.70. The molecule has 104 valence electrons. The molecule has 0 fully saturated rings. The quantitative estimate of drug-likeness (QED) is 0.676. The molecule has 0 aliphatic heterocycles. The predicted molar refractivity (Wildman–Crippen MR) is 73.3 cm³/mol. The van der Waals surface area contributed by atoms with Crippen molar-refractivity contribution in [3.63, 3.8) is 0 Å². The van der Waals surface area contributed by atoms with E-state index in [2.05, 4.69) is 9.97 Å². The standard InChI is InChI=1S/C13H14N4O3/c1-8-3-4-10(17(18)19)11(5-8)20-7-13-15-9(2)6-12(14)16-13/h3-6H,7H2,1-2H3,(H2,14,15,16). The van der Waals surface area contributed by atoms with E-state index in [1.54, 1.807) is 25.1 Å². The highest BCUT2D eigenvalue weighted by Crippen LogP contribution is 2.28. The van der Waals surface area contributed by atoms with Gasteiger partial charge < -0.3 is 10.5 Å². The molecule has 0 amide bonds. The van der Waals surface area contributed by atoms with Crippen LogP contribution in [0, 0.1) is 24.0 Å². The van der Waals surface area contributed by atoms with E-state index in [9.17, 15) is 10.1 Å². The zero-order valence-corrected chi connectivity index (χ0v) is 11.2.